The summed E-state index contributed by atoms with van der Waals surface area (Å²) in [4.78, 5) is 14.3. The maximum Gasteiger partial charge on any atom is 0.227 e. The summed E-state index contributed by atoms with van der Waals surface area (Å²) in [7, 11) is 0. The van der Waals surface area contributed by atoms with Crippen LogP contribution in [0.15, 0.2) is 24.3 Å². The first-order valence-electron chi connectivity index (χ1n) is 7.15. The lowest BCUT2D eigenvalue weighted by atomic mass is 9.96. The van der Waals surface area contributed by atoms with E-state index < -0.39 is 0 Å². The maximum absolute atomic E-state index is 12.4. The molecule has 3 heteroatoms. The second kappa shape index (κ2) is 6.71. The molecular weight excluding hydrogens is 238 g/mol. The lowest BCUT2D eigenvalue weighted by Crippen LogP contribution is -2.33. The zero-order valence-corrected chi connectivity index (χ0v) is 11.9. The Morgan fingerprint density at radius 2 is 2.11 bits per heavy atom. The van der Waals surface area contributed by atoms with Crippen LogP contribution < -0.4 is 4.90 Å². The van der Waals surface area contributed by atoms with Gasteiger partial charge in [0.05, 0.1) is 0 Å². The molecule has 0 N–H and O–H groups in total. The molecule has 0 spiro atoms. The normalized spacial score (nSPS) is 16.3. The second-order valence-corrected chi connectivity index (χ2v) is 5.24. The summed E-state index contributed by atoms with van der Waals surface area (Å²) in [6.07, 6.45) is 2.67. The van der Waals surface area contributed by atoms with E-state index in [1.165, 1.54) is 5.56 Å². The third kappa shape index (κ3) is 3.80. The molecule has 3 nitrogen and oxygen atoms in total. The average molecular weight is 261 g/mol. The molecule has 0 bridgehead atoms. The van der Waals surface area contributed by atoms with Crippen molar-refractivity contribution in [1.29, 1.82) is 0 Å². The molecule has 1 heterocycles. The average Bonchev–Trinajstić information content (AvgIpc) is 2.41. The van der Waals surface area contributed by atoms with Gasteiger partial charge in [0.1, 0.15) is 0 Å². The molecule has 1 fully saturated rings. The monoisotopic (exact) mass is 261 g/mol. The zero-order chi connectivity index (χ0) is 13.7. The van der Waals surface area contributed by atoms with Gasteiger partial charge in [-0.2, -0.15) is 0 Å². The molecule has 0 aromatic heterocycles. The third-order valence-electron chi connectivity index (χ3n) is 3.73. The molecule has 1 aliphatic rings. The Morgan fingerprint density at radius 1 is 1.37 bits per heavy atom. The number of anilines is 1. The minimum absolute atomic E-state index is 0.236. The van der Waals surface area contributed by atoms with E-state index in [1.54, 1.807) is 0 Å². The van der Waals surface area contributed by atoms with Gasteiger partial charge in [-0.1, -0.05) is 12.1 Å². The highest BCUT2D eigenvalue weighted by Crippen LogP contribution is 2.22. The number of amides is 1. The molecule has 1 aromatic rings. The number of carbonyl (C=O) groups excluding carboxylic acids is 1. The van der Waals surface area contributed by atoms with E-state index in [2.05, 4.69) is 19.1 Å². The van der Waals surface area contributed by atoms with Crippen LogP contribution in [0.25, 0.3) is 0 Å². The van der Waals surface area contributed by atoms with E-state index >= 15 is 0 Å². The molecule has 0 aliphatic carbocycles. The highest BCUT2D eigenvalue weighted by Gasteiger charge is 2.21. The van der Waals surface area contributed by atoms with Crippen LogP contribution in [0.3, 0.4) is 0 Å². The highest BCUT2D eigenvalue weighted by atomic mass is 16.5. The van der Waals surface area contributed by atoms with Gasteiger partial charge < -0.3 is 9.64 Å². The van der Waals surface area contributed by atoms with Crippen molar-refractivity contribution in [3.63, 3.8) is 0 Å². The van der Waals surface area contributed by atoms with Gasteiger partial charge in [0.2, 0.25) is 5.91 Å². The summed E-state index contributed by atoms with van der Waals surface area (Å²) in [5.41, 5.74) is 2.20. The molecule has 104 valence electrons. The van der Waals surface area contributed by atoms with Crippen LogP contribution in [0.5, 0.6) is 0 Å². The fourth-order valence-electron chi connectivity index (χ4n) is 2.61. The minimum atomic E-state index is 0.236. The minimum Gasteiger partial charge on any atom is -0.381 e. The Kier molecular flexibility index (Phi) is 4.97. The summed E-state index contributed by atoms with van der Waals surface area (Å²) in [6, 6.07) is 8.15. The van der Waals surface area contributed by atoms with Crippen molar-refractivity contribution in [2.45, 2.75) is 33.1 Å². The lowest BCUT2D eigenvalue weighted by Gasteiger charge is -2.26. The third-order valence-corrected chi connectivity index (χ3v) is 3.73. The first kappa shape index (κ1) is 14.1. The number of hydrogen-bond donors (Lipinski definition) is 0. The number of hydrogen-bond acceptors (Lipinski definition) is 2. The Balaban J connectivity index is 2.02. The van der Waals surface area contributed by atoms with Crippen LogP contribution in [0.1, 0.15) is 31.7 Å². The van der Waals surface area contributed by atoms with Crippen LogP contribution >= 0.6 is 0 Å². The van der Waals surface area contributed by atoms with Crippen molar-refractivity contribution in [3.8, 4) is 0 Å². The Hall–Kier alpha value is -1.35. The van der Waals surface area contributed by atoms with E-state index in [4.69, 9.17) is 4.74 Å². The molecule has 1 saturated heterocycles. The first-order chi connectivity index (χ1) is 9.20. The number of benzene rings is 1. The molecule has 0 radical (unpaired) electrons. The Bertz CT molecular complexity index is 425. The van der Waals surface area contributed by atoms with Gasteiger partial charge >= 0.3 is 0 Å². The molecule has 0 atom stereocenters. The molecular formula is C16H23NO2. The van der Waals surface area contributed by atoms with Gasteiger partial charge in [-0.15, -0.1) is 0 Å². The quantitative estimate of drug-likeness (QED) is 0.833. The summed E-state index contributed by atoms with van der Waals surface area (Å²) in [5.74, 6) is 0.722. The number of rotatable bonds is 4. The predicted molar refractivity (Wildman–Crippen MR) is 77.4 cm³/mol. The van der Waals surface area contributed by atoms with E-state index in [1.807, 2.05) is 24.0 Å². The zero-order valence-electron chi connectivity index (χ0n) is 11.9. The van der Waals surface area contributed by atoms with Crippen LogP contribution in [-0.2, 0) is 9.53 Å². The molecule has 1 aromatic carbocycles. The van der Waals surface area contributed by atoms with Crippen LogP contribution in [-0.4, -0.2) is 25.7 Å². The smallest absolute Gasteiger partial charge is 0.227 e. The molecule has 1 amide bonds. The van der Waals surface area contributed by atoms with E-state index in [0.29, 0.717) is 12.3 Å². The molecule has 0 saturated carbocycles. The Labute approximate surface area is 115 Å². The fraction of sp³-hybridized carbons (Fsp3) is 0.562. The lowest BCUT2D eigenvalue weighted by molar-refractivity contribution is -0.120. The van der Waals surface area contributed by atoms with Crippen molar-refractivity contribution >= 4 is 11.6 Å². The van der Waals surface area contributed by atoms with Gasteiger partial charge in [0, 0.05) is 31.9 Å². The van der Waals surface area contributed by atoms with Gasteiger partial charge in [0.15, 0.2) is 0 Å². The second-order valence-electron chi connectivity index (χ2n) is 5.24. The summed E-state index contributed by atoms with van der Waals surface area (Å²) >= 11 is 0. The van der Waals surface area contributed by atoms with Crippen LogP contribution in [0, 0.1) is 12.8 Å². The first-order valence-corrected chi connectivity index (χ1v) is 7.15. The molecule has 0 unspecified atom stereocenters. The van der Waals surface area contributed by atoms with E-state index in [-0.39, 0.29) is 5.91 Å². The number of ether oxygens (including phenoxy) is 1. The predicted octanol–water partition coefficient (Wildman–Crippen LogP) is 3.16. The topological polar surface area (TPSA) is 29.5 Å². The standard InChI is InChI=1S/C16H23NO2/c1-3-17(15-6-4-5-13(2)11-15)16(18)12-14-7-9-19-10-8-14/h4-6,11,14H,3,7-10,12H2,1-2H3. The van der Waals surface area contributed by atoms with Crippen molar-refractivity contribution < 1.29 is 9.53 Å². The number of nitrogens with zero attached hydrogens (tertiary/aromatic N) is 1. The summed E-state index contributed by atoms with van der Waals surface area (Å²) < 4.78 is 5.34. The summed E-state index contributed by atoms with van der Waals surface area (Å²) in [5, 5.41) is 0. The Morgan fingerprint density at radius 3 is 2.74 bits per heavy atom. The van der Waals surface area contributed by atoms with E-state index in [9.17, 15) is 4.79 Å². The summed E-state index contributed by atoms with van der Waals surface area (Å²) in [6.45, 7) is 6.42. The van der Waals surface area contributed by atoms with Crippen molar-refractivity contribution in [1.82, 2.24) is 0 Å². The van der Waals surface area contributed by atoms with E-state index in [0.717, 1.165) is 38.3 Å². The largest absolute Gasteiger partial charge is 0.381 e. The van der Waals surface area contributed by atoms with Gasteiger partial charge in [-0.05, 0) is 50.3 Å². The van der Waals surface area contributed by atoms with Crippen molar-refractivity contribution in [2.24, 2.45) is 5.92 Å². The van der Waals surface area contributed by atoms with Gasteiger partial charge in [0.25, 0.3) is 0 Å². The molecule has 2 rings (SSSR count). The van der Waals surface area contributed by atoms with Crippen LogP contribution in [0.2, 0.25) is 0 Å². The SMILES string of the molecule is CCN(C(=O)CC1CCOCC1)c1cccc(C)c1. The highest BCUT2D eigenvalue weighted by molar-refractivity contribution is 5.93. The van der Waals surface area contributed by atoms with Crippen molar-refractivity contribution in [3.05, 3.63) is 29.8 Å². The maximum atomic E-state index is 12.4. The fourth-order valence-corrected chi connectivity index (χ4v) is 2.61. The van der Waals surface area contributed by atoms with Crippen molar-refractivity contribution in [2.75, 3.05) is 24.7 Å². The number of carbonyl (C=O) groups is 1. The van der Waals surface area contributed by atoms with Gasteiger partial charge in [-0.25, -0.2) is 0 Å². The van der Waals surface area contributed by atoms with Crippen LogP contribution in [0.4, 0.5) is 5.69 Å². The van der Waals surface area contributed by atoms with Gasteiger partial charge in [-0.3, -0.25) is 4.79 Å². The number of aryl methyl sites for hydroxylation is 1. The molecule has 19 heavy (non-hydrogen) atoms. The molecule has 1 aliphatic heterocycles.